The second kappa shape index (κ2) is 12.2. The monoisotopic (exact) mass is 446 g/mol. The number of hydrogen-bond acceptors (Lipinski definition) is 9. The summed E-state index contributed by atoms with van der Waals surface area (Å²) in [4.78, 5) is 17.6. The predicted molar refractivity (Wildman–Crippen MR) is 136 cm³/mol. The van der Waals surface area contributed by atoms with Crippen molar-refractivity contribution < 1.29 is 5.11 Å². The van der Waals surface area contributed by atoms with Gasteiger partial charge in [-0.15, -0.1) is 0 Å². The fraction of sp³-hybridized carbons (Fsp3) is 0.250. The number of aliphatic hydroxyl groups is 1. The highest BCUT2D eigenvalue weighted by atomic mass is 16.3. The van der Waals surface area contributed by atoms with E-state index in [1.807, 2.05) is 50.4 Å². The van der Waals surface area contributed by atoms with Crippen molar-refractivity contribution in [3.05, 3.63) is 77.1 Å². The maximum Gasteiger partial charge on any atom is 0.171 e. The number of anilines is 3. The van der Waals surface area contributed by atoms with Crippen molar-refractivity contribution in [1.82, 2.24) is 15.3 Å². The molecule has 9 nitrogen and oxygen atoms in total. The number of nitrogens with two attached hydrogens (primary N) is 1. The number of allylic oxidation sites excluding steroid dienone is 7. The summed E-state index contributed by atoms with van der Waals surface area (Å²) in [5.74, 6) is 1.86. The fourth-order valence-corrected chi connectivity index (χ4v) is 3.15. The summed E-state index contributed by atoms with van der Waals surface area (Å²) in [6, 6.07) is 0. The molecule has 2 bridgehead atoms. The van der Waals surface area contributed by atoms with Crippen LogP contribution in [0.5, 0.6) is 0 Å². The molecule has 2 aliphatic rings. The highest BCUT2D eigenvalue weighted by molar-refractivity contribution is 5.74. The van der Waals surface area contributed by atoms with Crippen LogP contribution >= 0.6 is 0 Å². The third-order valence-electron chi connectivity index (χ3n) is 4.71. The van der Waals surface area contributed by atoms with Crippen molar-refractivity contribution in [2.24, 2.45) is 9.98 Å². The topological polar surface area (TPSA) is 133 Å². The number of hydrogen-bond donors (Lipinski definition) is 5. The molecule has 0 saturated heterocycles. The summed E-state index contributed by atoms with van der Waals surface area (Å²) in [6.45, 7) is 4.75. The molecule has 1 aliphatic carbocycles. The molecule has 0 spiro atoms. The number of nitrogen functional groups attached to an aromatic ring is 1. The van der Waals surface area contributed by atoms with E-state index in [0.717, 1.165) is 23.4 Å². The second-order valence-electron chi connectivity index (χ2n) is 7.21. The third-order valence-corrected chi connectivity index (χ3v) is 4.71. The molecule has 1 aromatic rings. The van der Waals surface area contributed by atoms with Crippen molar-refractivity contribution in [2.45, 2.75) is 20.3 Å². The SMILES string of the molecule is C\C=N/C(=C\C(=C/C)NCCO)Nc1cnc(N)c(NCC2=CC=C3CC(=C2)C=CC=N3)n1. The van der Waals surface area contributed by atoms with Gasteiger partial charge >= 0.3 is 0 Å². The van der Waals surface area contributed by atoms with Crippen LogP contribution in [0.3, 0.4) is 0 Å². The molecule has 1 aromatic heterocycles. The van der Waals surface area contributed by atoms with E-state index >= 15 is 0 Å². The minimum atomic E-state index is 0.0389. The van der Waals surface area contributed by atoms with E-state index in [1.54, 1.807) is 12.4 Å². The van der Waals surface area contributed by atoms with Crippen LogP contribution in [0.15, 0.2) is 87.1 Å². The predicted octanol–water partition coefficient (Wildman–Crippen LogP) is 3.08. The van der Waals surface area contributed by atoms with Crippen LogP contribution in [0.1, 0.15) is 20.3 Å². The van der Waals surface area contributed by atoms with Gasteiger partial charge in [0.05, 0.1) is 12.8 Å². The van der Waals surface area contributed by atoms with E-state index in [0.29, 0.717) is 36.4 Å². The number of aliphatic imine (C=N–C) groups is 2. The average Bonchev–Trinajstić information content (AvgIpc) is 3.16. The molecular formula is C24H30N8O. The van der Waals surface area contributed by atoms with Crippen LogP contribution in [-0.2, 0) is 0 Å². The van der Waals surface area contributed by atoms with Gasteiger partial charge in [-0.2, -0.15) is 0 Å². The van der Waals surface area contributed by atoms with Crippen molar-refractivity contribution in [1.29, 1.82) is 0 Å². The summed E-state index contributed by atoms with van der Waals surface area (Å²) < 4.78 is 0. The molecule has 0 saturated carbocycles. The summed E-state index contributed by atoms with van der Waals surface area (Å²) in [7, 11) is 0. The maximum atomic E-state index is 9.04. The summed E-state index contributed by atoms with van der Waals surface area (Å²) >= 11 is 0. The lowest BCUT2D eigenvalue weighted by atomic mass is 10.1. The quantitative estimate of drug-likeness (QED) is 0.275. The van der Waals surface area contributed by atoms with Gasteiger partial charge in [0.25, 0.3) is 0 Å². The largest absolute Gasteiger partial charge is 0.395 e. The van der Waals surface area contributed by atoms with Crippen molar-refractivity contribution in [3.63, 3.8) is 0 Å². The Balaban J connectivity index is 1.73. The molecule has 3 rings (SSSR count). The number of nitrogens with zero attached hydrogens (tertiary/aromatic N) is 4. The van der Waals surface area contributed by atoms with E-state index in [-0.39, 0.29) is 6.61 Å². The van der Waals surface area contributed by atoms with Gasteiger partial charge in [-0.25, -0.2) is 15.0 Å². The van der Waals surface area contributed by atoms with Gasteiger partial charge in [0.15, 0.2) is 17.5 Å². The highest BCUT2D eigenvalue weighted by Gasteiger charge is 2.09. The molecular weight excluding hydrogens is 416 g/mol. The Morgan fingerprint density at radius 2 is 2.18 bits per heavy atom. The van der Waals surface area contributed by atoms with Crippen molar-refractivity contribution in [3.8, 4) is 0 Å². The second-order valence-corrected chi connectivity index (χ2v) is 7.21. The summed E-state index contributed by atoms with van der Waals surface area (Å²) in [5, 5.41) is 18.6. The molecule has 0 amide bonds. The molecule has 0 atom stereocenters. The van der Waals surface area contributed by atoms with Crippen LogP contribution in [-0.4, -0.2) is 47.2 Å². The first-order valence-corrected chi connectivity index (χ1v) is 10.8. The van der Waals surface area contributed by atoms with E-state index < -0.39 is 0 Å². The molecule has 9 heteroatoms. The number of fused-ring (bicyclic) bond motifs is 2. The van der Waals surface area contributed by atoms with Crippen molar-refractivity contribution in [2.75, 3.05) is 36.1 Å². The summed E-state index contributed by atoms with van der Waals surface area (Å²) in [6.07, 6.45) is 19.8. The summed E-state index contributed by atoms with van der Waals surface area (Å²) in [5.41, 5.74) is 10.2. The minimum Gasteiger partial charge on any atom is -0.395 e. The Labute approximate surface area is 194 Å². The molecule has 33 heavy (non-hydrogen) atoms. The molecule has 172 valence electrons. The van der Waals surface area contributed by atoms with Crippen LogP contribution < -0.4 is 21.7 Å². The van der Waals surface area contributed by atoms with Gasteiger partial charge in [-0.3, -0.25) is 4.99 Å². The lowest BCUT2D eigenvalue weighted by molar-refractivity contribution is 0.297. The van der Waals surface area contributed by atoms with Gasteiger partial charge in [-0.1, -0.05) is 24.3 Å². The van der Waals surface area contributed by atoms with Gasteiger partial charge in [-0.05, 0) is 37.1 Å². The third kappa shape index (κ3) is 7.29. The molecule has 6 N–H and O–H groups in total. The Hall–Kier alpha value is -3.98. The van der Waals surface area contributed by atoms with E-state index in [9.17, 15) is 0 Å². The molecule has 0 radical (unpaired) electrons. The van der Waals surface area contributed by atoms with Gasteiger partial charge in [0.2, 0.25) is 0 Å². The number of aliphatic hydroxyl groups excluding tert-OH is 1. The first kappa shape index (κ1) is 23.7. The molecule has 0 unspecified atom stereocenters. The Bertz CT molecular complexity index is 1090. The lowest BCUT2D eigenvalue weighted by Gasteiger charge is -2.12. The first-order valence-electron chi connectivity index (χ1n) is 10.8. The standard InChI is InChI=1S/C24H30N8O/c1-3-19(28-10-11-33)14-21(26-4-2)31-22-16-29-23(25)24(32-22)30-15-18-7-8-20-13-17(12-18)6-5-9-27-20/h3-9,12,14,16,28,33H,10-11,13,15H2,1-2H3,(H2,25,29)(H2,30,31,32)/b19-3+,21-14+,26-4-. The maximum absolute atomic E-state index is 9.04. The van der Waals surface area contributed by atoms with Gasteiger partial charge in [0, 0.05) is 49.4 Å². The first-order chi connectivity index (χ1) is 16.1. The molecule has 0 fully saturated rings. The van der Waals surface area contributed by atoms with Gasteiger partial charge < -0.3 is 26.8 Å². The van der Waals surface area contributed by atoms with E-state index in [2.05, 4.69) is 48.1 Å². The number of rotatable bonds is 10. The average molecular weight is 447 g/mol. The zero-order valence-electron chi connectivity index (χ0n) is 18.9. The Kier molecular flexibility index (Phi) is 8.72. The van der Waals surface area contributed by atoms with Crippen LogP contribution in [0.2, 0.25) is 0 Å². The lowest BCUT2D eigenvalue weighted by Crippen LogP contribution is -2.17. The van der Waals surface area contributed by atoms with Crippen LogP contribution in [0, 0.1) is 0 Å². The Morgan fingerprint density at radius 1 is 1.30 bits per heavy atom. The molecule has 1 aliphatic heterocycles. The van der Waals surface area contributed by atoms with Crippen LogP contribution in [0.4, 0.5) is 17.5 Å². The Morgan fingerprint density at radius 3 is 2.97 bits per heavy atom. The van der Waals surface area contributed by atoms with Crippen LogP contribution in [0.25, 0.3) is 0 Å². The van der Waals surface area contributed by atoms with Gasteiger partial charge in [0.1, 0.15) is 5.82 Å². The number of aromatic nitrogens is 2. The van der Waals surface area contributed by atoms with E-state index in [1.165, 1.54) is 5.57 Å². The smallest absolute Gasteiger partial charge is 0.171 e. The normalized spacial score (nSPS) is 16.0. The minimum absolute atomic E-state index is 0.0389. The number of nitrogens with one attached hydrogen (secondary N) is 3. The molecule has 2 heterocycles. The zero-order chi connectivity index (χ0) is 23.5. The highest BCUT2D eigenvalue weighted by Crippen LogP contribution is 2.23. The molecule has 0 aromatic carbocycles. The zero-order valence-corrected chi connectivity index (χ0v) is 18.9. The fourth-order valence-electron chi connectivity index (χ4n) is 3.15. The van der Waals surface area contributed by atoms with E-state index in [4.69, 9.17) is 10.8 Å². The van der Waals surface area contributed by atoms with Crippen molar-refractivity contribution >= 4 is 29.9 Å².